The maximum absolute atomic E-state index is 12.6. The molecule has 2 aliphatic rings. The van der Waals surface area contributed by atoms with Gasteiger partial charge >= 0.3 is 6.43 Å². The molecule has 1 atom stereocenters. The van der Waals surface area contributed by atoms with Crippen LogP contribution in [0.1, 0.15) is 42.6 Å². The highest BCUT2D eigenvalue weighted by molar-refractivity contribution is 5.50. The minimum Gasteiger partial charge on any atom is -0.415 e. The van der Waals surface area contributed by atoms with Gasteiger partial charge in [-0.25, -0.2) is 4.68 Å². The second-order valence-electron chi connectivity index (χ2n) is 7.21. The van der Waals surface area contributed by atoms with Gasteiger partial charge < -0.3 is 9.15 Å². The molecule has 0 bridgehead atoms. The number of aromatic nitrogens is 6. The van der Waals surface area contributed by atoms with Gasteiger partial charge in [-0.05, 0) is 31.5 Å². The molecule has 3 aromatic heterocycles. The second-order valence-corrected chi connectivity index (χ2v) is 7.21. The lowest BCUT2D eigenvalue weighted by atomic mass is 10.1. The molecule has 5 rings (SSSR count). The Morgan fingerprint density at radius 1 is 1.17 bits per heavy atom. The summed E-state index contributed by atoms with van der Waals surface area (Å²) in [5.41, 5.74) is 2.21. The maximum atomic E-state index is 12.6. The number of halogens is 2. The van der Waals surface area contributed by atoms with Crippen LogP contribution in [0.2, 0.25) is 0 Å². The van der Waals surface area contributed by atoms with Gasteiger partial charge in [-0.3, -0.25) is 9.88 Å². The van der Waals surface area contributed by atoms with E-state index in [0.717, 1.165) is 44.0 Å². The van der Waals surface area contributed by atoms with Crippen LogP contribution in [0.15, 0.2) is 28.9 Å². The minimum atomic E-state index is -2.79. The first-order valence-electron chi connectivity index (χ1n) is 9.48. The molecule has 2 saturated heterocycles. The third kappa shape index (κ3) is 3.62. The van der Waals surface area contributed by atoms with E-state index in [1.807, 2.05) is 6.20 Å². The van der Waals surface area contributed by atoms with Crippen molar-refractivity contribution in [2.24, 2.45) is 0 Å². The lowest BCUT2D eigenvalue weighted by Gasteiger charge is -2.37. The lowest BCUT2D eigenvalue weighted by Crippen LogP contribution is -2.48. The number of likely N-dealkylation sites (tertiary alicyclic amines) is 1. The average Bonchev–Trinajstić information content (AvgIpc) is 3.41. The molecule has 0 spiro atoms. The van der Waals surface area contributed by atoms with E-state index in [2.05, 4.69) is 30.4 Å². The summed E-state index contributed by atoms with van der Waals surface area (Å²) in [5.74, 6) is -0.683. The summed E-state index contributed by atoms with van der Waals surface area (Å²) < 4.78 is 37.2. The second kappa shape index (κ2) is 7.56. The van der Waals surface area contributed by atoms with Crippen LogP contribution in [0, 0.1) is 0 Å². The largest absolute Gasteiger partial charge is 0.415 e. The number of rotatable bonds is 6. The molecule has 0 saturated carbocycles. The van der Waals surface area contributed by atoms with Crippen molar-refractivity contribution in [3.63, 3.8) is 0 Å². The molecule has 2 fully saturated rings. The highest BCUT2D eigenvalue weighted by Gasteiger charge is 2.36. The number of nitrogens with zero attached hydrogens (tertiary/aromatic N) is 7. The van der Waals surface area contributed by atoms with Crippen molar-refractivity contribution in [1.82, 2.24) is 35.1 Å². The Morgan fingerprint density at radius 2 is 2.07 bits per heavy atom. The summed E-state index contributed by atoms with van der Waals surface area (Å²) in [6.07, 6.45) is 2.92. The van der Waals surface area contributed by atoms with Crippen LogP contribution >= 0.6 is 0 Å². The van der Waals surface area contributed by atoms with E-state index in [1.165, 1.54) is 6.20 Å². The van der Waals surface area contributed by atoms with Crippen molar-refractivity contribution in [1.29, 1.82) is 0 Å². The van der Waals surface area contributed by atoms with Gasteiger partial charge in [-0.2, -0.15) is 8.78 Å². The smallest absolute Gasteiger partial charge is 0.314 e. The Bertz CT molecular complexity index is 971. The van der Waals surface area contributed by atoms with Crippen LogP contribution in [-0.2, 0) is 11.3 Å². The summed E-state index contributed by atoms with van der Waals surface area (Å²) in [4.78, 5) is 6.81. The van der Waals surface area contributed by atoms with Crippen LogP contribution in [0.3, 0.4) is 0 Å². The molecule has 2 aliphatic heterocycles. The van der Waals surface area contributed by atoms with Gasteiger partial charge in [0.2, 0.25) is 5.89 Å². The molecule has 1 unspecified atom stereocenters. The van der Waals surface area contributed by atoms with Crippen molar-refractivity contribution >= 4 is 0 Å². The van der Waals surface area contributed by atoms with E-state index in [0.29, 0.717) is 18.2 Å². The molecular formula is C18H19F2N7O2. The van der Waals surface area contributed by atoms with Crippen LogP contribution < -0.4 is 0 Å². The normalized spacial score (nSPS) is 20.4. The molecular weight excluding hydrogens is 384 g/mol. The van der Waals surface area contributed by atoms with Crippen molar-refractivity contribution < 1.29 is 17.9 Å². The highest BCUT2D eigenvalue weighted by atomic mass is 19.3. The first-order valence-corrected chi connectivity index (χ1v) is 9.48. The topological polar surface area (TPSA) is 95.0 Å². The van der Waals surface area contributed by atoms with E-state index in [-0.39, 0.29) is 11.9 Å². The molecule has 0 aliphatic carbocycles. The molecule has 11 heteroatoms. The predicted molar refractivity (Wildman–Crippen MR) is 94.9 cm³/mol. The predicted octanol–water partition coefficient (Wildman–Crippen LogP) is 2.24. The zero-order chi connectivity index (χ0) is 19.8. The number of ether oxygens (including phenoxy) is 1. The number of alkyl halides is 2. The van der Waals surface area contributed by atoms with Crippen molar-refractivity contribution in [2.75, 3.05) is 19.8 Å². The molecule has 3 aromatic rings. The Balaban J connectivity index is 1.26. The van der Waals surface area contributed by atoms with Crippen LogP contribution in [0.4, 0.5) is 8.78 Å². The van der Waals surface area contributed by atoms with Gasteiger partial charge in [0, 0.05) is 6.20 Å². The van der Waals surface area contributed by atoms with Gasteiger partial charge in [-0.1, -0.05) is 5.21 Å². The SMILES string of the molecule is FC(F)c1nnc(-c2ccc(Cn3cc(C4CCCN4C4COC4)nn3)nc2)o1. The fourth-order valence-corrected chi connectivity index (χ4v) is 3.75. The van der Waals surface area contributed by atoms with Gasteiger partial charge in [-0.15, -0.1) is 15.3 Å². The van der Waals surface area contributed by atoms with E-state index < -0.39 is 12.3 Å². The van der Waals surface area contributed by atoms with Crippen molar-refractivity contribution in [2.45, 2.75) is 37.9 Å². The highest BCUT2D eigenvalue weighted by Crippen LogP contribution is 2.34. The van der Waals surface area contributed by atoms with Gasteiger partial charge in [0.05, 0.1) is 55.0 Å². The Morgan fingerprint density at radius 3 is 2.76 bits per heavy atom. The van der Waals surface area contributed by atoms with Crippen LogP contribution in [0.25, 0.3) is 11.5 Å². The third-order valence-electron chi connectivity index (χ3n) is 5.30. The standard InChI is InChI=1S/C18H19F2N7O2/c19-16(20)18-24-23-17(29-18)11-3-4-12(21-6-11)7-26-8-14(22-25-26)15-2-1-5-27(15)13-9-28-10-13/h3-4,6,8,13,15-16H,1-2,5,7,9-10H2. The first-order chi connectivity index (χ1) is 14.2. The number of hydrogen-bond acceptors (Lipinski definition) is 8. The molecule has 152 valence electrons. The number of hydrogen-bond donors (Lipinski definition) is 0. The Kier molecular flexibility index (Phi) is 4.76. The van der Waals surface area contributed by atoms with Gasteiger partial charge in [0.15, 0.2) is 0 Å². The Labute approximate surface area is 164 Å². The zero-order valence-electron chi connectivity index (χ0n) is 15.5. The third-order valence-corrected chi connectivity index (χ3v) is 5.30. The summed E-state index contributed by atoms with van der Waals surface area (Å²) in [6.45, 7) is 3.11. The van der Waals surface area contributed by atoms with E-state index in [9.17, 15) is 8.78 Å². The monoisotopic (exact) mass is 403 g/mol. The van der Waals surface area contributed by atoms with E-state index >= 15 is 0 Å². The summed E-state index contributed by atoms with van der Waals surface area (Å²) in [6, 6.07) is 4.25. The molecule has 0 radical (unpaired) electrons. The van der Waals surface area contributed by atoms with Crippen molar-refractivity contribution in [3.05, 3.63) is 41.8 Å². The van der Waals surface area contributed by atoms with E-state index in [4.69, 9.17) is 9.15 Å². The zero-order valence-corrected chi connectivity index (χ0v) is 15.5. The van der Waals surface area contributed by atoms with E-state index in [1.54, 1.807) is 16.8 Å². The first kappa shape index (κ1) is 18.3. The Hall–Kier alpha value is -2.79. The molecule has 29 heavy (non-hydrogen) atoms. The van der Waals surface area contributed by atoms with Gasteiger partial charge in [0.25, 0.3) is 5.89 Å². The van der Waals surface area contributed by atoms with Crippen LogP contribution in [0.5, 0.6) is 0 Å². The maximum Gasteiger partial charge on any atom is 0.314 e. The molecule has 0 aromatic carbocycles. The number of pyridine rings is 1. The van der Waals surface area contributed by atoms with Crippen molar-refractivity contribution in [3.8, 4) is 11.5 Å². The fraction of sp³-hybridized carbons (Fsp3) is 0.500. The van der Waals surface area contributed by atoms with Gasteiger partial charge in [0.1, 0.15) is 0 Å². The lowest BCUT2D eigenvalue weighted by molar-refractivity contribution is -0.0701. The molecule has 0 N–H and O–H groups in total. The van der Waals surface area contributed by atoms with Crippen LogP contribution in [-0.4, -0.2) is 60.9 Å². The summed E-state index contributed by atoms with van der Waals surface area (Å²) in [7, 11) is 0. The average molecular weight is 403 g/mol. The molecule has 5 heterocycles. The minimum absolute atomic E-state index is 0.0173. The quantitative estimate of drug-likeness (QED) is 0.619. The molecule has 9 nitrogen and oxygen atoms in total. The fourth-order valence-electron chi connectivity index (χ4n) is 3.75. The summed E-state index contributed by atoms with van der Waals surface area (Å²) >= 11 is 0. The summed E-state index contributed by atoms with van der Waals surface area (Å²) in [5, 5.41) is 15.6. The molecule has 0 amide bonds.